The molecule has 1 amide bonds. The molecule has 1 heterocycles. The van der Waals surface area contributed by atoms with Crippen molar-refractivity contribution in [2.45, 2.75) is 13.3 Å². The number of hydrogen-bond donors (Lipinski definition) is 1. The van der Waals surface area contributed by atoms with Crippen LogP contribution in [0.2, 0.25) is 0 Å². The average molecular weight is 232 g/mol. The van der Waals surface area contributed by atoms with Crippen LogP contribution in [0.1, 0.15) is 11.1 Å². The minimum atomic E-state index is 0.206. The van der Waals surface area contributed by atoms with Crippen molar-refractivity contribution in [3.05, 3.63) is 35.4 Å². The van der Waals surface area contributed by atoms with Gasteiger partial charge in [0, 0.05) is 26.7 Å². The van der Waals surface area contributed by atoms with Gasteiger partial charge in [0.25, 0.3) is 0 Å². The summed E-state index contributed by atoms with van der Waals surface area (Å²) in [5.41, 5.74) is 2.57. The Kier molecular flexibility index (Phi) is 3.79. The van der Waals surface area contributed by atoms with Gasteiger partial charge in [-0.25, -0.2) is 0 Å². The number of carbonyl (C=O) groups is 1. The van der Waals surface area contributed by atoms with Gasteiger partial charge in [0.05, 0.1) is 5.92 Å². The first-order valence-corrected chi connectivity index (χ1v) is 6.18. The highest BCUT2D eigenvalue weighted by Crippen LogP contribution is 2.09. The van der Waals surface area contributed by atoms with Gasteiger partial charge in [-0.2, -0.15) is 0 Å². The minimum Gasteiger partial charge on any atom is -0.345 e. The van der Waals surface area contributed by atoms with E-state index < -0.39 is 0 Å². The van der Waals surface area contributed by atoms with Gasteiger partial charge in [0.15, 0.2) is 0 Å². The fraction of sp³-hybridized carbons (Fsp3) is 0.500. The summed E-state index contributed by atoms with van der Waals surface area (Å²) < 4.78 is 0. The van der Waals surface area contributed by atoms with Gasteiger partial charge in [0.1, 0.15) is 0 Å². The smallest absolute Gasteiger partial charge is 0.228 e. The molecule has 0 aromatic heterocycles. The molecule has 3 heteroatoms. The Balaban J connectivity index is 1.80. The molecule has 1 aliphatic rings. The van der Waals surface area contributed by atoms with Crippen molar-refractivity contribution >= 4 is 5.91 Å². The van der Waals surface area contributed by atoms with Crippen molar-refractivity contribution in [1.82, 2.24) is 10.2 Å². The van der Waals surface area contributed by atoms with Crippen LogP contribution < -0.4 is 5.32 Å². The molecule has 2 rings (SSSR count). The van der Waals surface area contributed by atoms with Crippen LogP contribution in [0.25, 0.3) is 0 Å². The zero-order valence-electron chi connectivity index (χ0n) is 10.6. The van der Waals surface area contributed by atoms with E-state index in [0.29, 0.717) is 0 Å². The Bertz CT molecular complexity index is 382. The largest absolute Gasteiger partial charge is 0.345 e. The maximum atomic E-state index is 11.9. The molecule has 1 saturated heterocycles. The van der Waals surface area contributed by atoms with E-state index in [9.17, 15) is 4.79 Å². The second-order valence-corrected chi connectivity index (χ2v) is 4.85. The Morgan fingerprint density at radius 2 is 2.00 bits per heavy atom. The maximum Gasteiger partial charge on any atom is 0.228 e. The van der Waals surface area contributed by atoms with Gasteiger partial charge in [-0.05, 0) is 18.9 Å². The Labute approximate surface area is 103 Å². The first-order valence-electron chi connectivity index (χ1n) is 6.18. The second-order valence-electron chi connectivity index (χ2n) is 4.85. The summed E-state index contributed by atoms with van der Waals surface area (Å²) in [6, 6.07) is 8.51. The van der Waals surface area contributed by atoms with Crippen LogP contribution in [0.4, 0.5) is 0 Å². The van der Waals surface area contributed by atoms with Gasteiger partial charge < -0.3 is 10.2 Å². The summed E-state index contributed by atoms with van der Waals surface area (Å²) in [5.74, 6) is 0.480. The molecule has 0 unspecified atom stereocenters. The van der Waals surface area contributed by atoms with E-state index in [4.69, 9.17) is 0 Å². The second kappa shape index (κ2) is 5.32. The van der Waals surface area contributed by atoms with Crippen molar-refractivity contribution in [2.75, 3.05) is 26.7 Å². The minimum absolute atomic E-state index is 0.206. The van der Waals surface area contributed by atoms with Crippen LogP contribution in [0.5, 0.6) is 0 Å². The molecular weight excluding hydrogens is 212 g/mol. The molecule has 17 heavy (non-hydrogen) atoms. The van der Waals surface area contributed by atoms with Gasteiger partial charge in [0.2, 0.25) is 5.91 Å². The molecule has 1 aromatic rings. The molecule has 1 aromatic carbocycles. The molecular formula is C14H20N2O. The highest BCUT2D eigenvalue weighted by molar-refractivity contribution is 5.79. The molecule has 0 saturated carbocycles. The predicted molar refractivity (Wildman–Crippen MR) is 68.9 cm³/mol. The van der Waals surface area contributed by atoms with Gasteiger partial charge in [-0.1, -0.05) is 29.8 Å². The molecule has 0 bridgehead atoms. The monoisotopic (exact) mass is 232 g/mol. The van der Waals surface area contributed by atoms with E-state index >= 15 is 0 Å². The molecule has 1 fully saturated rings. The lowest BCUT2D eigenvalue weighted by Crippen LogP contribution is -2.51. The SMILES string of the molecule is Cc1ccc(CCN(C)C(=O)C2CNC2)cc1. The van der Waals surface area contributed by atoms with Gasteiger partial charge in [-0.3, -0.25) is 4.79 Å². The third-order valence-corrected chi connectivity index (χ3v) is 3.36. The third-order valence-electron chi connectivity index (χ3n) is 3.36. The zero-order chi connectivity index (χ0) is 12.3. The number of nitrogens with one attached hydrogen (secondary N) is 1. The van der Waals surface area contributed by atoms with E-state index in [1.165, 1.54) is 11.1 Å². The summed E-state index contributed by atoms with van der Waals surface area (Å²) in [6.07, 6.45) is 0.933. The molecule has 0 radical (unpaired) electrons. The van der Waals surface area contributed by atoms with Crippen molar-refractivity contribution in [3.8, 4) is 0 Å². The van der Waals surface area contributed by atoms with E-state index in [-0.39, 0.29) is 11.8 Å². The van der Waals surface area contributed by atoms with E-state index in [1.807, 2.05) is 11.9 Å². The number of hydrogen-bond acceptors (Lipinski definition) is 2. The van der Waals surface area contributed by atoms with Gasteiger partial charge in [-0.15, -0.1) is 0 Å². The highest BCUT2D eigenvalue weighted by atomic mass is 16.2. The van der Waals surface area contributed by atoms with Crippen molar-refractivity contribution in [3.63, 3.8) is 0 Å². The van der Waals surface area contributed by atoms with Gasteiger partial charge >= 0.3 is 0 Å². The fourth-order valence-corrected chi connectivity index (χ4v) is 1.94. The molecule has 0 atom stereocenters. The number of rotatable bonds is 4. The summed E-state index contributed by atoms with van der Waals surface area (Å²) in [6.45, 7) is 4.57. The highest BCUT2D eigenvalue weighted by Gasteiger charge is 2.27. The standard InChI is InChI=1S/C14H20N2O/c1-11-3-5-12(6-4-11)7-8-16(2)14(17)13-9-15-10-13/h3-6,13,15H,7-10H2,1-2H3. The molecule has 92 valence electrons. The summed E-state index contributed by atoms with van der Waals surface area (Å²) in [5, 5.41) is 3.13. The summed E-state index contributed by atoms with van der Waals surface area (Å²) in [4.78, 5) is 13.7. The number of nitrogens with zero attached hydrogens (tertiary/aromatic N) is 1. The topological polar surface area (TPSA) is 32.3 Å². The first kappa shape index (κ1) is 12.1. The molecule has 0 spiro atoms. The number of amides is 1. The normalized spacial score (nSPS) is 15.4. The number of benzene rings is 1. The molecule has 1 aliphatic heterocycles. The zero-order valence-corrected chi connectivity index (χ0v) is 10.6. The fourth-order valence-electron chi connectivity index (χ4n) is 1.94. The number of carbonyl (C=O) groups excluding carboxylic acids is 1. The van der Waals surface area contributed by atoms with Crippen LogP contribution >= 0.6 is 0 Å². The van der Waals surface area contributed by atoms with E-state index in [2.05, 4.69) is 36.5 Å². The van der Waals surface area contributed by atoms with Crippen LogP contribution in [0.15, 0.2) is 24.3 Å². The third kappa shape index (κ3) is 3.07. The van der Waals surface area contributed by atoms with Crippen molar-refractivity contribution in [2.24, 2.45) is 5.92 Å². The van der Waals surface area contributed by atoms with Crippen LogP contribution in [0, 0.1) is 12.8 Å². The van der Waals surface area contributed by atoms with Crippen LogP contribution in [-0.4, -0.2) is 37.5 Å². The average Bonchev–Trinajstić information content (AvgIpc) is 2.25. The molecule has 1 N–H and O–H groups in total. The lowest BCUT2D eigenvalue weighted by atomic mass is 10.0. The van der Waals surface area contributed by atoms with Crippen molar-refractivity contribution in [1.29, 1.82) is 0 Å². The van der Waals surface area contributed by atoms with Crippen LogP contribution in [-0.2, 0) is 11.2 Å². The maximum absolute atomic E-state index is 11.9. The van der Waals surface area contributed by atoms with Crippen LogP contribution in [0.3, 0.4) is 0 Å². The number of aryl methyl sites for hydroxylation is 1. The van der Waals surface area contributed by atoms with E-state index in [1.54, 1.807) is 0 Å². The van der Waals surface area contributed by atoms with Crippen molar-refractivity contribution < 1.29 is 4.79 Å². The quantitative estimate of drug-likeness (QED) is 0.846. The Morgan fingerprint density at radius 3 is 2.53 bits per heavy atom. The molecule has 0 aliphatic carbocycles. The molecule has 3 nitrogen and oxygen atoms in total. The predicted octanol–water partition coefficient (Wildman–Crippen LogP) is 1.22. The summed E-state index contributed by atoms with van der Waals surface area (Å²) in [7, 11) is 1.90. The van der Waals surface area contributed by atoms with E-state index in [0.717, 1.165) is 26.1 Å². The lowest BCUT2D eigenvalue weighted by molar-refractivity contribution is -0.135. The lowest BCUT2D eigenvalue weighted by Gasteiger charge is -2.30. The number of likely N-dealkylation sites (N-methyl/N-ethyl adjacent to an activating group) is 1. The first-order chi connectivity index (χ1) is 8.16. The Morgan fingerprint density at radius 1 is 1.35 bits per heavy atom. The summed E-state index contributed by atoms with van der Waals surface area (Å²) >= 11 is 0. The Hall–Kier alpha value is -1.35.